The van der Waals surface area contributed by atoms with Crippen LogP contribution < -0.4 is 11.1 Å². The molecular weight excluding hydrogens is 272 g/mol. The van der Waals surface area contributed by atoms with Crippen LogP contribution in [0.1, 0.15) is 28.8 Å². The Morgan fingerprint density at radius 3 is 3.00 bits per heavy atom. The second-order valence-electron chi connectivity index (χ2n) is 5.05. The largest absolute Gasteiger partial charge is 0.452 e. The monoisotopic (exact) mass is 292 g/mol. The van der Waals surface area contributed by atoms with Crippen LogP contribution >= 0.6 is 0 Å². The van der Waals surface area contributed by atoms with E-state index in [1.54, 1.807) is 25.1 Å². The molecule has 1 heterocycles. The summed E-state index contributed by atoms with van der Waals surface area (Å²) in [6.07, 6.45) is 2.03. The summed E-state index contributed by atoms with van der Waals surface area (Å²) in [6, 6.07) is 5.11. The van der Waals surface area contributed by atoms with Gasteiger partial charge in [-0.25, -0.2) is 4.79 Å². The van der Waals surface area contributed by atoms with Crippen LogP contribution in [0.4, 0.5) is 5.69 Å². The summed E-state index contributed by atoms with van der Waals surface area (Å²) in [4.78, 5) is 23.5. The molecule has 0 radical (unpaired) electrons. The highest BCUT2D eigenvalue weighted by Gasteiger charge is 2.17. The van der Waals surface area contributed by atoms with E-state index < -0.39 is 5.97 Å². The molecule has 1 aliphatic heterocycles. The number of hydrogen-bond acceptors (Lipinski definition) is 5. The van der Waals surface area contributed by atoms with Crippen molar-refractivity contribution in [1.29, 1.82) is 0 Å². The molecule has 6 heteroatoms. The van der Waals surface area contributed by atoms with Crippen LogP contribution in [0.2, 0.25) is 0 Å². The van der Waals surface area contributed by atoms with E-state index in [0.29, 0.717) is 12.2 Å². The fraction of sp³-hybridized carbons (Fsp3) is 0.467. The number of amides is 1. The number of nitrogens with one attached hydrogen (secondary N) is 1. The standard InChI is InChI=1S/C15H20N2O4/c1-10-4-2-6-12(14(10)16)15(19)21-9-13(18)17-8-11-5-3-7-20-11/h2,4,6,11H,3,5,7-9,16H2,1H3,(H,17,18)/t11-/m1/s1. The zero-order chi connectivity index (χ0) is 15.2. The highest BCUT2D eigenvalue weighted by molar-refractivity contribution is 5.96. The van der Waals surface area contributed by atoms with Crippen molar-refractivity contribution in [3.8, 4) is 0 Å². The summed E-state index contributed by atoms with van der Waals surface area (Å²) in [5.41, 5.74) is 7.27. The fourth-order valence-electron chi connectivity index (χ4n) is 2.15. The molecule has 1 atom stereocenters. The maximum absolute atomic E-state index is 11.9. The summed E-state index contributed by atoms with van der Waals surface area (Å²) in [5, 5.41) is 2.69. The first-order chi connectivity index (χ1) is 10.1. The van der Waals surface area contributed by atoms with E-state index in [0.717, 1.165) is 25.0 Å². The molecule has 0 aromatic heterocycles. The molecule has 6 nitrogen and oxygen atoms in total. The van der Waals surface area contributed by atoms with E-state index in [2.05, 4.69) is 5.32 Å². The van der Waals surface area contributed by atoms with Crippen LogP contribution in [0.15, 0.2) is 18.2 Å². The SMILES string of the molecule is Cc1cccc(C(=O)OCC(=O)NC[C@H]2CCCO2)c1N. The molecule has 21 heavy (non-hydrogen) atoms. The molecule has 0 aliphatic carbocycles. The third kappa shape index (κ3) is 4.19. The first-order valence-corrected chi connectivity index (χ1v) is 6.98. The third-order valence-electron chi connectivity index (χ3n) is 3.43. The average molecular weight is 292 g/mol. The van der Waals surface area contributed by atoms with Crippen molar-refractivity contribution in [3.63, 3.8) is 0 Å². The molecule has 2 rings (SSSR count). The zero-order valence-electron chi connectivity index (χ0n) is 12.1. The predicted molar refractivity (Wildman–Crippen MR) is 77.9 cm³/mol. The molecule has 0 unspecified atom stereocenters. The van der Waals surface area contributed by atoms with Crippen molar-refractivity contribution >= 4 is 17.6 Å². The normalized spacial score (nSPS) is 17.5. The summed E-state index contributed by atoms with van der Waals surface area (Å²) in [7, 11) is 0. The number of benzene rings is 1. The van der Waals surface area contributed by atoms with Gasteiger partial charge in [0.1, 0.15) is 0 Å². The van der Waals surface area contributed by atoms with Crippen molar-refractivity contribution in [2.24, 2.45) is 0 Å². The van der Waals surface area contributed by atoms with E-state index in [9.17, 15) is 9.59 Å². The number of para-hydroxylation sites is 1. The van der Waals surface area contributed by atoms with Crippen molar-refractivity contribution in [2.75, 3.05) is 25.5 Å². The molecule has 1 aromatic carbocycles. The van der Waals surface area contributed by atoms with Gasteiger partial charge >= 0.3 is 5.97 Å². The average Bonchev–Trinajstić information content (AvgIpc) is 2.99. The van der Waals surface area contributed by atoms with Crippen LogP contribution in [0.3, 0.4) is 0 Å². The van der Waals surface area contributed by atoms with Crippen molar-refractivity contribution in [2.45, 2.75) is 25.9 Å². The lowest BCUT2D eigenvalue weighted by Gasteiger charge is -2.11. The Bertz CT molecular complexity index is 524. The van der Waals surface area contributed by atoms with Gasteiger partial charge in [0.15, 0.2) is 6.61 Å². The van der Waals surface area contributed by atoms with Gasteiger partial charge in [0.25, 0.3) is 5.91 Å². The number of carbonyl (C=O) groups is 2. The van der Waals surface area contributed by atoms with Crippen molar-refractivity contribution in [3.05, 3.63) is 29.3 Å². The highest BCUT2D eigenvalue weighted by atomic mass is 16.5. The molecule has 1 amide bonds. The molecule has 1 saturated heterocycles. The van der Waals surface area contributed by atoms with Crippen LogP contribution in [-0.4, -0.2) is 37.7 Å². The Hall–Kier alpha value is -2.08. The number of esters is 1. The van der Waals surface area contributed by atoms with Crippen LogP contribution in [-0.2, 0) is 14.3 Å². The molecule has 114 valence electrons. The van der Waals surface area contributed by atoms with Gasteiger partial charge in [-0.3, -0.25) is 4.79 Å². The molecule has 0 bridgehead atoms. The Balaban J connectivity index is 1.77. The molecule has 0 saturated carbocycles. The summed E-state index contributed by atoms with van der Waals surface area (Å²) >= 11 is 0. The second-order valence-corrected chi connectivity index (χ2v) is 5.05. The minimum atomic E-state index is -0.594. The predicted octanol–water partition coefficient (Wildman–Crippen LogP) is 1.03. The van der Waals surface area contributed by atoms with Crippen LogP contribution in [0.5, 0.6) is 0 Å². The van der Waals surface area contributed by atoms with Gasteiger partial charge in [-0.05, 0) is 31.4 Å². The van der Waals surface area contributed by atoms with Gasteiger partial charge in [-0.1, -0.05) is 12.1 Å². The minimum Gasteiger partial charge on any atom is -0.452 e. The molecule has 1 aliphatic rings. The number of hydrogen-bond donors (Lipinski definition) is 2. The van der Waals surface area contributed by atoms with E-state index >= 15 is 0 Å². The number of nitrogen functional groups attached to an aromatic ring is 1. The van der Waals surface area contributed by atoms with Crippen molar-refractivity contribution in [1.82, 2.24) is 5.32 Å². The van der Waals surface area contributed by atoms with E-state index in [-0.39, 0.29) is 24.2 Å². The summed E-state index contributed by atoms with van der Waals surface area (Å²) in [6.45, 7) is 2.67. The van der Waals surface area contributed by atoms with Gasteiger partial charge in [-0.15, -0.1) is 0 Å². The quantitative estimate of drug-likeness (QED) is 0.625. The first kappa shape index (κ1) is 15.3. The van der Waals surface area contributed by atoms with Gasteiger partial charge in [0, 0.05) is 18.8 Å². The number of rotatable bonds is 5. The van der Waals surface area contributed by atoms with E-state index in [1.807, 2.05) is 0 Å². The number of aryl methyl sites for hydroxylation is 1. The topological polar surface area (TPSA) is 90.7 Å². The summed E-state index contributed by atoms with van der Waals surface area (Å²) < 4.78 is 10.4. The Morgan fingerprint density at radius 1 is 1.48 bits per heavy atom. The highest BCUT2D eigenvalue weighted by Crippen LogP contribution is 2.17. The Morgan fingerprint density at radius 2 is 2.29 bits per heavy atom. The minimum absolute atomic E-state index is 0.0667. The summed E-state index contributed by atoms with van der Waals surface area (Å²) in [5.74, 6) is -0.937. The number of carbonyl (C=O) groups excluding carboxylic acids is 2. The molecule has 3 N–H and O–H groups in total. The lowest BCUT2D eigenvalue weighted by molar-refractivity contribution is -0.124. The van der Waals surface area contributed by atoms with E-state index in [4.69, 9.17) is 15.2 Å². The van der Waals surface area contributed by atoms with Gasteiger partial charge < -0.3 is 20.5 Å². The number of nitrogens with two attached hydrogens (primary N) is 1. The third-order valence-corrected chi connectivity index (χ3v) is 3.43. The smallest absolute Gasteiger partial charge is 0.340 e. The first-order valence-electron chi connectivity index (χ1n) is 6.98. The second kappa shape index (κ2) is 7.08. The lowest BCUT2D eigenvalue weighted by Crippen LogP contribution is -2.34. The fourth-order valence-corrected chi connectivity index (χ4v) is 2.15. The Kier molecular flexibility index (Phi) is 5.16. The van der Waals surface area contributed by atoms with E-state index in [1.165, 1.54) is 0 Å². The number of ether oxygens (including phenoxy) is 2. The Labute approximate surface area is 123 Å². The number of anilines is 1. The lowest BCUT2D eigenvalue weighted by atomic mass is 10.1. The zero-order valence-corrected chi connectivity index (χ0v) is 12.1. The molecule has 0 spiro atoms. The van der Waals surface area contributed by atoms with Crippen molar-refractivity contribution < 1.29 is 19.1 Å². The van der Waals surface area contributed by atoms with Gasteiger partial charge in [0.05, 0.1) is 11.7 Å². The van der Waals surface area contributed by atoms with Crippen LogP contribution in [0.25, 0.3) is 0 Å². The molecule has 1 aromatic rings. The maximum Gasteiger partial charge on any atom is 0.340 e. The maximum atomic E-state index is 11.9. The van der Waals surface area contributed by atoms with Gasteiger partial charge in [-0.2, -0.15) is 0 Å². The van der Waals surface area contributed by atoms with Crippen LogP contribution in [0, 0.1) is 6.92 Å². The van der Waals surface area contributed by atoms with Gasteiger partial charge in [0.2, 0.25) is 0 Å². The molecular formula is C15H20N2O4. The molecule has 1 fully saturated rings.